The van der Waals surface area contributed by atoms with Gasteiger partial charge in [0.25, 0.3) is 0 Å². The Kier molecular flexibility index (Phi) is 4.87. The van der Waals surface area contributed by atoms with Gasteiger partial charge in [-0.05, 0) is 43.9 Å². The highest BCUT2D eigenvalue weighted by molar-refractivity contribution is 4.88. The van der Waals surface area contributed by atoms with Gasteiger partial charge in [-0.15, -0.1) is 0 Å². The Morgan fingerprint density at radius 1 is 1.12 bits per heavy atom. The molecule has 0 aromatic rings. The Morgan fingerprint density at radius 3 is 2.29 bits per heavy atom. The zero-order chi connectivity index (χ0) is 12.1. The monoisotopic (exact) mass is 239 g/mol. The highest BCUT2D eigenvalue weighted by atomic mass is 16.5. The predicted octanol–water partition coefficient (Wildman–Crippen LogP) is 3.49. The molecule has 0 heterocycles. The third kappa shape index (κ3) is 3.45. The van der Waals surface area contributed by atoms with Gasteiger partial charge in [0.15, 0.2) is 0 Å². The van der Waals surface area contributed by atoms with E-state index in [1.165, 1.54) is 57.8 Å². The molecule has 0 bridgehead atoms. The summed E-state index contributed by atoms with van der Waals surface area (Å²) in [7, 11) is 0. The lowest BCUT2D eigenvalue weighted by Crippen LogP contribution is -2.44. The second kappa shape index (κ2) is 6.19. The fourth-order valence-corrected chi connectivity index (χ4v) is 3.24. The Hall–Kier alpha value is -0.0800. The molecule has 2 aliphatic carbocycles. The first-order chi connectivity index (χ1) is 8.28. The third-order valence-corrected chi connectivity index (χ3v) is 5.12. The molecule has 2 nitrogen and oxygen atoms in total. The SMILES string of the molecule is CCC1CCC(CN)(OCCC2CCC2)CC1. The van der Waals surface area contributed by atoms with Crippen molar-refractivity contribution in [2.75, 3.05) is 13.2 Å². The maximum absolute atomic E-state index is 6.19. The molecular formula is C15H29NO. The van der Waals surface area contributed by atoms with Crippen molar-refractivity contribution in [1.29, 1.82) is 0 Å². The molecule has 0 saturated heterocycles. The van der Waals surface area contributed by atoms with Crippen molar-refractivity contribution in [2.24, 2.45) is 17.6 Å². The summed E-state index contributed by atoms with van der Waals surface area (Å²) in [6, 6.07) is 0. The molecule has 2 N–H and O–H groups in total. The average molecular weight is 239 g/mol. The Bertz CT molecular complexity index is 217. The summed E-state index contributed by atoms with van der Waals surface area (Å²) in [6.07, 6.45) is 11.9. The van der Waals surface area contributed by atoms with Crippen LogP contribution in [-0.2, 0) is 4.74 Å². The molecule has 2 fully saturated rings. The van der Waals surface area contributed by atoms with E-state index in [4.69, 9.17) is 10.5 Å². The summed E-state index contributed by atoms with van der Waals surface area (Å²) in [4.78, 5) is 0. The van der Waals surface area contributed by atoms with Crippen LogP contribution in [0.1, 0.15) is 64.7 Å². The molecule has 0 aromatic carbocycles. The molecule has 0 aromatic heterocycles. The Balaban J connectivity index is 1.70. The van der Waals surface area contributed by atoms with Crippen LogP contribution >= 0.6 is 0 Å². The van der Waals surface area contributed by atoms with Crippen LogP contribution in [0.4, 0.5) is 0 Å². The standard InChI is InChI=1S/C15H29NO/c1-2-13-6-9-15(12-16,10-7-13)17-11-8-14-4-3-5-14/h13-14H,2-12,16H2,1H3. The molecule has 0 spiro atoms. The fourth-order valence-electron chi connectivity index (χ4n) is 3.24. The number of hydrogen-bond donors (Lipinski definition) is 1. The summed E-state index contributed by atoms with van der Waals surface area (Å²) < 4.78 is 6.19. The smallest absolute Gasteiger partial charge is 0.0804 e. The minimum absolute atomic E-state index is 0.0371. The summed E-state index contributed by atoms with van der Waals surface area (Å²) in [6.45, 7) is 3.96. The number of nitrogens with two attached hydrogens (primary N) is 1. The number of hydrogen-bond acceptors (Lipinski definition) is 2. The lowest BCUT2D eigenvalue weighted by atomic mass is 9.77. The second-order valence-corrected chi connectivity index (χ2v) is 6.17. The van der Waals surface area contributed by atoms with E-state index < -0.39 is 0 Å². The van der Waals surface area contributed by atoms with Gasteiger partial charge >= 0.3 is 0 Å². The normalized spacial score (nSPS) is 34.6. The van der Waals surface area contributed by atoms with Gasteiger partial charge in [-0.25, -0.2) is 0 Å². The topological polar surface area (TPSA) is 35.2 Å². The van der Waals surface area contributed by atoms with E-state index in [0.717, 1.165) is 18.4 Å². The van der Waals surface area contributed by atoms with Crippen molar-refractivity contribution in [3.63, 3.8) is 0 Å². The van der Waals surface area contributed by atoms with E-state index in [0.29, 0.717) is 6.54 Å². The third-order valence-electron chi connectivity index (χ3n) is 5.12. The predicted molar refractivity (Wildman–Crippen MR) is 71.9 cm³/mol. The molecule has 0 unspecified atom stereocenters. The van der Waals surface area contributed by atoms with Crippen LogP contribution in [0.3, 0.4) is 0 Å². The first kappa shape index (κ1) is 13.4. The molecule has 2 rings (SSSR count). The van der Waals surface area contributed by atoms with Crippen molar-refractivity contribution in [3.8, 4) is 0 Å². The number of rotatable bonds is 6. The highest BCUT2D eigenvalue weighted by Crippen LogP contribution is 2.36. The van der Waals surface area contributed by atoms with E-state index in [-0.39, 0.29) is 5.60 Å². The fraction of sp³-hybridized carbons (Fsp3) is 1.00. The quantitative estimate of drug-likeness (QED) is 0.770. The molecule has 0 aliphatic heterocycles. The van der Waals surface area contributed by atoms with E-state index in [1.54, 1.807) is 0 Å². The van der Waals surface area contributed by atoms with Crippen LogP contribution in [0.5, 0.6) is 0 Å². The van der Waals surface area contributed by atoms with Crippen molar-refractivity contribution in [2.45, 2.75) is 70.3 Å². The Morgan fingerprint density at radius 2 is 1.82 bits per heavy atom. The molecule has 2 saturated carbocycles. The van der Waals surface area contributed by atoms with E-state index >= 15 is 0 Å². The molecule has 2 aliphatic rings. The van der Waals surface area contributed by atoms with E-state index in [1.807, 2.05) is 0 Å². The van der Waals surface area contributed by atoms with Crippen LogP contribution in [0.15, 0.2) is 0 Å². The lowest BCUT2D eigenvalue weighted by Gasteiger charge is -2.40. The van der Waals surface area contributed by atoms with Gasteiger partial charge in [-0.2, -0.15) is 0 Å². The minimum Gasteiger partial charge on any atom is -0.374 e. The van der Waals surface area contributed by atoms with Gasteiger partial charge in [0.2, 0.25) is 0 Å². The van der Waals surface area contributed by atoms with Gasteiger partial charge < -0.3 is 10.5 Å². The van der Waals surface area contributed by atoms with E-state index in [9.17, 15) is 0 Å². The summed E-state index contributed by atoms with van der Waals surface area (Å²) in [5.41, 5.74) is 6.00. The summed E-state index contributed by atoms with van der Waals surface area (Å²) in [5.74, 6) is 1.88. The van der Waals surface area contributed by atoms with Crippen molar-refractivity contribution in [1.82, 2.24) is 0 Å². The maximum atomic E-state index is 6.19. The largest absolute Gasteiger partial charge is 0.374 e. The van der Waals surface area contributed by atoms with Gasteiger partial charge in [0.1, 0.15) is 0 Å². The zero-order valence-electron chi connectivity index (χ0n) is 11.4. The van der Waals surface area contributed by atoms with Crippen LogP contribution in [0.2, 0.25) is 0 Å². The van der Waals surface area contributed by atoms with Gasteiger partial charge in [-0.3, -0.25) is 0 Å². The van der Waals surface area contributed by atoms with Crippen LogP contribution in [-0.4, -0.2) is 18.8 Å². The second-order valence-electron chi connectivity index (χ2n) is 6.17. The number of ether oxygens (including phenoxy) is 1. The molecule has 0 radical (unpaired) electrons. The first-order valence-electron chi connectivity index (χ1n) is 7.62. The molecule has 17 heavy (non-hydrogen) atoms. The molecule has 0 amide bonds. The molecule has 2 heteroatoms. The average Bonchev–Trinajstić information content (AvgIpc) is 2.33. The van der Waals surface area contributed by atoms with Crippen LogP contribution in [0.25, 0.3) is 0 Å². The lowest BCUT2D eigenvalue weighted by molar-refractivity contribution is -0.0774. The zero-order valence-corrected chi connectivity index (χ0v) is 11.4. The molecule has 100 valence electrons. The van der Waals surface area contributed by atoms with Gasteiger partial charge in [-0.1, -0.05) is 32.6 Å². The summed E-state index contributed by atoms with van der Waals surface area (Å²) >= 11 is 0. The van der Waals surface area contributed by atoms with E-state index in [2.05, 4.69) is 6.92 Å². The van der Waals surface area contributed by atoms with Gasteiger partial charge in [0, 0.05) is 13.2 Å². The minimum atomic E-state index is 0.0371. The Labute approximate surface area is 106 Å². The van der Waals surface area contributed by atoms with Crippen molar-refractivity contribution >= 4 is 0 Å². The molecular weight excluding hydrogens is 210 g/mol. The van der Waals surface area contributed by atoms with Crippen molar-refractivity contribution in [3.05, 3.63) is 0 Å². The van der Waals surface area contributed by atoms with Crippen molar-refractivity contribution < 1.29 is 4.74 Å². The first-order valence-corrected chi connectivity index (χ1v) is 7.62. The maximum Gasteiger partial charge on any atom is 0.0804 e. The highest BCUT2D eigenvalue weighted by Gasteiger charge is 2.34. The molecule has 0 atom stereocenters. The summed E-state index contributed by atoms with van der Waals surface area (Å²) in [5, 5.41) is 0. The van der Waals surface area contributed by atoms with Gasteiger partial charge in [0.05, 0.1) is 5.60 Å². The van der Waals surface area contributed by atoms with Crippen LogP contribution < -0.4 is 5.73 Å². The van der Waals surface area contributed by atoms with Crippen LogP contribution in [0, 0.1) is 11.8 Å².